The van der Waals surface area contributed by atoms with E-state index < -0.39 is 0 Å². The molecule has 76 valence electrons. The summed E-state index contributed by atoms with van der Waals surface area (Å²) in [7, 11) is 0. The Balaban J connectivity index is 2.63. The monoisotopic (exact) mass is 292 g/mol. The predicted octanol–water partition coefficient (Wildman–Crippen LogP) is 4.88. The van der Waals surface area contributed by atoms with Crippen LogP contribution in [-0.4, -0.2) is 5.33 Å². The normalized spacial score (nSPS) is 11.1. The topological polar surface area (TPSA) is 0 Å². The molecule has 1 rings (SSSR count). The van der Waals surface area contributed by atoms with Gasteiger partial charge in [0.1, 0.15) is 0 Å². The molecule has 1 aromatic carbocycles. The Morgan fingerprint density at radius 1 is 1.21 bits per heavy atom. The van der Waals surface area contributed by atoms with Gasteiger partial charge in [-0.05, 0) is 24.5 Å². The van der Waals surface area contributed by atoms with E-state index in [0.29, 0.717) is 10.0 Å². The van der Waals surface area contributed by atoms with Crippen LogP contribution in [0.25, 0.3) is 0 Å². The first-order chi connectivity index (χ1) is 6.75. The molecule has 0 aliphatic heterocycles. The number of hydrogen-bond donors (Lipinski definition) is 0. The summed E-state index contributed by atoms with van der Waals surface area (Å²) < 4.78 is 0. The largest absolute Gasteiger partial charge is 0.0925 e. The summed E-state index contributed by atoms with van der Waals surface area (Å²) in [5.41, 5.74) is 1.07. The molecule has 0 saturated carbocycles. The van der Waals surface area contributed by atoms with Gasteiger partial charge in [-0.15, -0.1) is 0 Å². The molecule has 0 aromatic heterocycles. The van der Waals surface area contributed by atoms with Gasteiger partial charge in [0.25, 0.3) is 0 Å². The van der Waals surface area contributed by atoms with Gasteiger partial charge in [-0.1, -0.05) is 63.4 Å². The van der Waals surface area contributed by atoms with E-state index in [2.05, 4.69) is 28.1 Å². The van der Waals surface area contributed by atoms with Crippen LogP contribution in [0.1, 0.15) is 12.0 Å². The van der Waals surface area contributed by atoms with Crippen LogP contribution in [0, 0.1) is 0 Å². The third kappa shape index (κ3) is 3.64. The molecule has 0 saturated heterocycles. The zero-order valence-electron chi connectivity index (χ0n) is 7.64. The molecule has 0 amide bonds. The molecular formula is C11H11BrCl2. The van der Waals surface area contributed by atoms with E-state index in [9.17, 15) is 0 Å². The zero-order valence-corrected chi connectivity index (χ0v) is 10.7. The highest BCUT2D eigenvalue weighted by molar-refractivity contribution is 9.09. The number of allylic oxidation sites excluding steroid dienone is 2. The summed E-state index contributed by atoms with van der Waals surface area (Å²) in [5.74, 6) is 0. The lowest BCUT2D eigenvalue weighted by atomic mass is 10.1. The van der Waals surface area contributed by atoms with E-state index in [1.807, 2.05) is 12.1 Å². The third-order valence-corrected chi connectivity index (χ3v) is 3.13. The summed E-state index contributed by atoms with van der Waals surface area (Å²) in [4.78, 5) is 0. The molecule has 0 radical (unpaired) electrons. The van der Waals surface area contributed by atoms with Crippen molar-refractivity contribution >= 4 is 39.1 Å². The van der Waals surface area contributed by atoms with Gasteiger partial charge >= 0.3 is 0 Å². The maximum atomic E-state index is 6.03. The minimum Gasteiger partial charge on any atom is -0.0925 e. The Hall–Kier alpha value is 0.0200. The highest BCUT2D eigenvalue weighted by Gasteiger charge is 2.01. The van der Waals surface area contributed by atoms with Gasteiger partial charge in [-0.3, -0.25) is 0 Å². The van der Waals surface area contributed by atoms with E-state index in [-0.39, 0.29) is 0 Å². The lowest BCUT2D eigenvalue weighted by molar-refractivity contribution is 1.20. The van der Waals surface area contributed by atoms with Crippen LogP contribution in [0.5, 0.6) is 0 Å². The second-order valence-corrected chi connectivity index (χ2v) is 4.44. The van der Waals surface area contributed by atoms with E-state index in [1.165, 1.54) is 0 Å². The SMILES string of the molecule is Clc1cccc(C/C=C/CCBr)c1Cl. The van der Waals surface area contributed by atoms with Crippen molar-refractivity contribution in [2.45, 2.75) is 12.8 Å². The Labute approximate surface area is 103 Å². The molecule has 0 nitrogen and oxygen atoms in total. The Bertz CT molecular complexity index is 321. The van der Waals surface area contributed by atoms with Crippen molar-refractivity contribution in [3.8, 4) is 0 Å². The average Bonchev–Trinajstić information content (AvgIpc) is 2.19. The van der Waals surface area contributed by atoms with Gasteiger partial charge in [0.2, 0.25) is 0 Å². The Morgan fingerprint density at radius 2 is 2.00 bits per heavy atom. The highest BCUT2D eigenvalue weighted by Crippen LogP contribution is 2.25. The Kier molecular flexibility index (Phi) is 5.61. The first-order valence-corrected chi connectivity index (χ1v) is 6.27. The van der Waals surface area contributed by atoms with Crippen molar-refractivity contribution in [3.05, 3.63) is 46.0 Å². The summed E-state index contributed by atoms with van der Waals surface area (Å²) in [6.07, 6.45) is 6.12. The van der Waals surface area contributed by atoms with Crippen molar-refractivity contribution in [3.63, 3.8) is 0 Å². The van der Waals surface area contributed by atoms with E-state index in [4.69, 9.17) is 23.2 Å². The lowest BCUT2D eigenvalue weighted by Gasteiger charge is -2.01. The van der Waals surface area contributed by atoms with Crippen molar-refractivity contribution in [2.75, 3.05) is 5.33 Å². The second-order valence-electron chi connectivity index (χ2n) is 2.87. The molecule has 0 aliphatic carbocycles. The van der Waals surface area contributed by atoms with Crippen molar-refractivity contribution in [2.24, 2.45) is 0 Å². The molecular weight excluding hydrogens is 283 g/mol. The molecule has 0 unspecified atom stereocenters. The van der Waals surface area contributed by atoms with Crippen molar-refractivity contribution in [1.82, 2.24) is 0 Å². The van der Waals surface area contributed by atoms with Crippen molar-refractivity contribution in [1.29, 1.82) is 0 Å². The van der Waals surface area contributed by atoms with Crippen LogP contribution in [0.3, 0.4) is 0 Å². The number of hydrogen-bond acceptors (Lipinski definition) is 0. The van der Waals surface area contributed by atoms with Crippen LogP contribution in [0.2, 0.25) is 10.0 Å². The minimum absolute atomic E-state index is 0.623. The maximum absolute atomic E-state index is 6.03. The molecule has 0 N–H and O–H groups in total. The highest BCUT2D eigenvalue weighted by atomic mass is 79.9. The number of alkyl halides is 1. The minimum atomic E-state index is 0.623. The number of benzene rings is 1. The van der Waals surface area contributed by atoms with E-state index in [1.54, 1.807) is 6.07 Å². The zero-order chi connectivity index (χ0) is 10.4. The van der Waals surface area contributed by atoms with Gasteiger partial charge in [0.05, 0.1) is 10.0 Å². The smallest absolute Gasteiger partial charge is 0.0627 e. The summed E-state index contributed by atoms with van der Waals surface area (Å²) >= 11 is 15.3. The third-order valence-electron chi connectivity index (χ3n) is 1.81. The predicted molar refractivity (Wildman–Crippen MR) is 67.7 cm³/mol. The standard InChI is InChI=1S/C11H11BrCl2/c12-8-3-1-2-5-9-6-4-7-10(13)11(9)14/h1-2,4,6-7H,3,5,8H2/b2-1+. The van der Waals surface area contributed by atoms with Crippen LogP contribution in [0.4, 0.5) is 0 Å². The fourth-order valence-corrected chi connectivity index (χ4v) is 1.76. The van der Waals surface area contributed by atoms with Crippen LogP contribution < -0.4 is 0 Å². The van der Waals surface area contributed by atoms with Gasteiger partial charge in [0.15, 0.2) is 0 Å². The number of rotatable bonds is 4. The van der Waals surface area contributed by atoms with Crippen LogP contribution in [-0.2, 0) is 6.42 Å². The fourth-order valence-electron chi connectivity index (χ4n) is 1.10. The maximum Gasteiger partial charge on any atom is 0.0627 e. The number of halogens is 3. The van der Waals surface area contributed by atoms with Crippen molar-refractivity contribution < 1.29 is 0 Å². The van der Waals surface area contributed by atoms with Gasteiger partial charge in [-0.2, -0.15) is 0 Å². The molecule has 0 aliphatic rings. The van der Waals surface area contributed by atoms with Crippen LogP contribution in [0.15, 0.2) is 30.4 Å². The van der Waals surface area contributed by atoms with E-state index >= 15 is 0 Å². The van der Waals surface area contributed by atoms with Gasteiger partial charge in [0, 0.05) is 5.33 Å². The first kappa shape index (κ1) is 12.1. The average molecular weight is 294 g/mol. The molecule has 1 aromatic rings. The molecule has 0 bridgehead atoms. The van der Waals surface area contributed by atoms with Gasteiger partial charge < -0.3 is 0 Å². The summed E-state index contributed by atoms with van der Waals surface area (Å²) in [6.45, 7) is 0. The second kappa shape index (κ2) is 6.49. The van der Waals surface area contributed by atoms with Crippen LogP contribution >= 0.6 is 39.1 Å². The molecule has 0 heterocycles. The molecule has 0 fully saturated rings. The van der Waals surface area contributed by atoms with Gasteiger partial charge in [-0.25, -0.2) is 0 Å². The molecule has 0 atom stereocenters. The summed E-state index contributed by atoms with van der Waals surface area (Å²) in [5, 5.41) is 2.28. The Morgan fingerprint density at radius 3 is 2.71 bits per heavy atom. The van der Waals surface area contributed by atoms with E-state index in [0.717, 1.165) is 23.7 Å². The molecule has 0 spiro atoms. The lowest BCUT2D eigenvalue weighted by Crippen LogP contribution is -1.83. The summed E-state index contributed by atoms with van der Waals surface area (Å²) in [6, 6.07) is 5.71. The quantitative estimate of drug-likeness (QED) is 0.548. The first-order valence-electron chi connectivity index (χ1n) is 4.39. The molecule has 3 heteroatoms. The fraction of sp³-hybridized carbons (Fsp3) is 0.273. The molecule has 14 heavy (non-hydrogen) atoms.